The van der Waals surface area contributed by atoms with Crippen molar-refractivity contribution in [3.63, 3.8) is 0 Å². The molecule has 3 atom stereocenters. The Hall–Kier alpha value is -1.96. The average molecular weight is 370 g/mol. The SMILES string of the molecule is N[C@]1(C(=O)O)[C@H](c2ccc(F)cc2)[C@@H]1S(=O)(=O)c1ccc(Cl)cc1. The molecule has 126 valence electrons. The van der Waals surface area contributed by atoms with Crippen LogP contribution >= 0.6 is 11.6 Å². The summed E-state index contributed by atoms with van der Waals surface area (Å²) in [6.07, 6.45) is 0. The van der Waals surface area contributed by atoms with Crippen LogP contribution in [0, 0.1) is 5.82 Å². The van der Waals surface area contributed by atoms with Crippen molar-refractivity contribution in [1.29, 1.82) is 0 Å². The van der Waals surface area contributed by atoms with Crippen molar-refractivity contribution >= 4 is 27.4 Å². The minimum absolute atomic E-state index is 0.0578. The Morgan fingerprint density at radius 2 is 1.67 bits per heavy atom. The molecule has 8 heteroatoms. The van der Waals surface area contributed by atoms with Crippen LogP contribution in [0.15, 0.2) is 53.4 Å². The Labute approximate surface area is 142 Å². The van der Waals surface area contributed by atoms with Crippen molar-refractivity contribution < 1.29 is 22.7 Å². The van der Waals surface area contributed by atoms with E-state index in [0.717, 1.165) is 12.1 Å². The van der Waals surface area contributed by atoms with Gasteiger partial charge in [0.05, 0.1) is 4.90 Å². The monoisotopic (exact) mass is 369 g/mol. The van der Waals surface area contributed by atoms with Gasteiger partial charge in [-0.1, -0.05) is 23.7 Å². The van der Waals surface area contributed by atoms with Gasteiger partial charge in [0.15, 0.2) is 9.84 Å². The Kier molecular flexibility index (Phi) is 3.90. The van der Waals surface area contributed by atoms with Gasteiger partial charge in [-0.2, -0.15) is 0 Å². The van der Waals surface area contributed by atoms with Crippen LogP contribution in [0.1, 0.15) is 11.5 Å². The van der Waals surface area contributed by atoms with E-state index in [1.54, 1.807) is 0 Å². The predicted molar refractivity (Wildman–Crippen MR) is 86.1 cm³/mol. The second kappa shape index (κ2) is 5.54. The molecule has 1 aliphatic rings. The van der Waals surface area contributed by atoms with Gasteiger partial charge in [0, 0.05) is 10.9 Å². The highest BCUT2D eigenvalue weighted by molar-refractivity contribution is 7.92. The summed E-state index contributed by atoms with van der Waals surface area (Å²) in [4.78, 5) is 11.5. The fraction of sp³-hybridized carbons (Fsp3) is 0.188. The molecule has 2 aromatic rings. The molecule has 1 fully saturated rings. The Morgan fingerprint density at radius 3 is 2.17 bits per heavy atom. The van der Waals surface area contributed by atoms with Gasteiger partial charge in [-0.15, -0.1) is 0 Å². The van der Waals surface area contributed by atoms with Crippen molar-refractivity contribution in [3.8, 4) is 0 Å². The van der Waals surface area contributed by atoms with Crippen molar-refractivity contribution in [2.75, 3.05) is 0 Å². The molecule has 1 saturated carbocycles. The lowest BCUT2D eigenvalue weighted by Gasteiger charge is -2.06. The van der Waals surface area contributed by atoms with Crippen molar-refractivity contribution in [2.45, 2.75) is 21.6 Å². The lowest BCUT2D eigenvalue weighted by molar-refractivity contribution is -0.139. The first-order valence-electron chi connectivity index (χ1n) is 6.96. The Balaban J connectivity index is 2.06. The third kappa shape index (κ3) is 2.49. The molecule has 2 aromatic carbocycles. The number of carboxylic acid groups (broad SMARTS) is 1. The predicted octanol–water partition coefficient (Wildman–Crippen LogP) is 2.20. The molecule has 5 nitrogen and oxygen atoms in total. The maximum atomic E-state index is 13.1. The molecular weight excluding hydrogens is 357 g/mol. The largest absolute Gasteiger partial charge is 0.480 e. The molecule has 0 aliphatic heterocycles. The maximum absolute atomic E-state index is 13.1. The Morgan fingerprint density at radius 1 is 1.12 bits per heavy atom. The number of nitrogens with two attached hydrogens (primary N) is 1. The second-order valence-electron chi connectivity index (χ2n) is 5.69. The maximum Gasteiger partial charge on any atom is 0.325 e. The molecule has 0 amide bonds. The summed E-state index contributed by atoms with van der Waals surface area (Å²) < 4.78 is 38.7. The van der Waals surface area contributed by atoms with Crippen LogP contribution in [0.4, 0.5) is 4.39 Å². The standard InChI is InChI=1S/C16H13ClFNO4S/c17-10-3-7-12(8-4-10)24(22,23)14-13(16(14,19)15(20)21)9-1-5-11(18)6-2-9/h1-8,13-14H,19H2,(H,20,21)/t13-,14+,16-/m1/s1. The lowest BCUT2D eigenvalue weighted by atomic mass is 10.1. The van der Waals surface area contributed by atoms with Gasteiger partial charge >= 0.3 is 5.97 Å². The molecule has 0 unspecified atom stereocenters. The summed E-state index contributed by atoms with van der Waals surface area (Å²) in [6, 6.07) is 10.4. The normalized spacial score (nSPS) is 26.1. The van der Waals surface area contributed by atoms with E-state index in [2.05, 4.69) is 0 Å². The van der Waals surface area contributed by atoms with Gasteiger partial charge in [0.25, 0.3) is 0 Å². The molecule has 1 aliphatic carbocycles. The third-order valence-corrected chi connectivity index (χ3v) is 6.77. The highest BCUT2D eigenvalue weighted by atomic mass is 35.5. The van der Waals surface area contributed by atoms with Crippen LogP contribution < -0.4 is 5.73 Å². The number of aliphatic carboxylic acids is 1. The molecule has 0 aromatic heterocycles. The smallest absolute Gasteiger partial charge is 0.325 e. The summed E-state index contributed by atoms with van der Waals surface area (Å²) in [5.74, 6) is -2.88. The van der Waals surface area contributed by atoms with Crippen molar-refractivity contribution in [2.24, 2.45) is 5.73 Å². The topological polar surface area (TPSA) is 97.5 Å². The van der Waals surface area contributed by atoms with E-state index in [1.807, 2.05) is 0 Å². The summed E-state index contributed by atoms with van der Waals surface area (Å²) in [5.41, 5.74) is 4.31. The van der Waals surface area contributed by atoms with E-state index in [1.165, 1.54) is 36.4 Å². The zero-order valence-corrected chi connectivity index (χ0v) is 13.8. The zero-order valence-electron chi connectivity index (χ0n) is 12.2. The number of rotatable bonds is 4. The summed E-state index contributed by atoms with van der Waals surface area (Å²) in [7, 11) is -4.00. The minimum atomic E-state index is -4.00. The molecule has 3 N–H and O–H groups in total. The van der Waals surface area contributed by atoms with Crippen LogP contribution in [0.25, 0.3) is 0 Å². The highest BCUT2D eigenvalue weighted by Gasteiger charge is 2.74. The first-order chi connectivity index (χ1) is 11.2. The van der Waals surface area contributed by atoms with Gasteiger partial charge in [0.2, 0.25) is 0 Å². The number of hydrogen-bond donors (Lipinski definition) is 2. The number of carbonyl (C=O) groups is 1. The zero-order chi connectivity index (χ0) is 17.7. The van der Waals surface area contributed by atoms with E-state index in [4.69, 9.17) is 17.3 Å². The molecule has 0 saturated heterocycles. The average Bonchev–Trinajstić information content (AvgIpc) is 3.17. The van der Waals surface area contributed by atoms with Crippen LogP contribution in [-0.4, -0.2) is 30.3 Å². The second-order valence-corrected chi connectivity index (χ2v) is 8.19. The summed E-state index contributed by atoms with van der Waals surface area (Å²) >= 11 is 5.75. The molecule has 0 radical (unpaired) electrons. The van der Waals surface area contributed by atoms with E-state index >= 15 is 0 Å². The van der Waals surface area contributed by atoms with Crippen LogP contribution in [-0.2, 0) is 14.6 Å². The van der Waals surface area contributed by atoms with Crippen LogP contribution in [0.2, 0.25) is 5.02 Å². The number of benzene rings is 2. The molecule has 0 bridgehead atoms. The van der Waals surface area contributed by atoms with Gasteiger partial charge in [-0.25, -0.2) is 12.8 Å². The molecule has 0 spiro atoms. The van der Waals surface area contributed by atoms with E-state index in [-0.39, 0.29) is 4.90 Å². The first kappa shape index (κ1) is 16.9. The van der Waals surface area contributed by atoms with E-state index in [9.17, 15) is 22.7 Å². The fourth-order valence-corrected chi connectivity index (χ4v) is 5.31. The number of halogens is 2. The molecule has 0 heterocycles. The van der Waals surface area contributed by atoms with E-state index < -0.39 is 38.3 Å². The van der Waals surface area contributed by atoms with Gasteiger partial charge < -0.3 is 10.8 Å². The van der Waals surface area contributed by atoms with Gasteiger partial charge in [0.1, 0.15) is 16.6 Å². The summed E-state index contributed by atoms with van der Waals surface area (Å²) in [5, 5.41) is 8.46. The molecule has 3 rings (SSSR count). The first-order valence-corrected chi connectivity index (χ1v) is 8.88. The van der Waals surface area contributed by atoms with Gasteiger partial charge in [-0.05, 0) is 42.0 Å². The fourth-order valence-electron chi connectivity index (χ4n) is 2.96. The van der Waals surface area contributed by atoms with Crippen molar-refractivity contribution in [3.05, 3.63) is 64.9 Å². The van der Waals surface area contributed by atoms with Crippen LogP contribution in [0.5, 0.6) is 0 Å². The van der Waals surface area contributed by atoms with Crippen LogP contribution in [0.3, 0.4) is 0 Å². The highest BCUT2D eigenvalue weighted by Crippen LogP contribution is 2.55. The molecule has 24 heavy (non-hydrogen) atoms. The number of sulfone groups is 1. The quantitative estimate of drug-likeness (QED) is 0.861. The lowest BCUT2D eigenvalue weighted by Crippen LogP contribution is -2.39. The minimum Gasteiger partial charge on any atom is -0.480 e. The summed E-state index contributed by atoms with van der Waals surface area (Å²) in [6.45, 7) is 0. The molecular formula is C16H13ClFNO4S. The number of carboxylic acids is 1. The third-order valence-electron chi connectivity index (χ3n) is 4.26. The van der Waals surface area contributed by atoms with Gasteiger partial charge in [-0.3, -0.25) is 4.79 Å². The number of hydrogen-bond acceptors (Lipinski definition) is 4. The van der Waals surface area contributed by atoms with Crippen molar-refractivity contribution in [1.82, 2.24) is 0 Å². The van der Waals surface area contributed by atoms with E-state index in [0.29, 0.717) is 10.6 Å². The Bertz CT molecular complexity index is 899.